The van der Waals surface area contributed by atoms with E-state index < -0.39 is 28.0 Å². The number of esters is 1. The average molecular weight is 442 g/mol. The first kappa shape index (κ1) is 22.5. The van der Waals surface area contributed by atoms with Gasteiger partial charge in [-0.05, 0) is 62.2 Å². The Bertz CT molecular complexity index is 1100. The van der Waals surface area contributed by atoms with E-state index in [0.717, 1.165) is 19.3 Å². The van der Waals surface area contributed by atoms with Crippen molar-refractivity contribution >= 4 is 27.6 Å². The van der Waals surface area contributed by atoms with E-state index >= 15 is 0 Å². The summed E-state index contributed by atoms with van der Waals surface area (Å²) in [6.07, 6.45) is 1.61. The highest BCUT2D eigenvalue weighted by molar-refractivity contribution is 7.89. The number of nitrogens with zero attached hydrogens (tertiary/aromatic N) is 2. The van der Waals surface area contributed by atoms with Gasteiger partial charge in [0.25, 0.3) is 5.91 Å². The van der Waals surface area contributed by atoms with E-state index in [1.807, 2.05) is 6.07 Å². The third kappa shape index (κ3) is 5.48. The highest BCUT2D eigenvalue weighted by atomic mass is 32.2. The van der Waals surface area contributed by atoms with Crippen LogP contribution in [-0.4, -0.2) is 43.8 Å². The van der Waals surface area contributed by atoms with E-state index in [2.05, 4.69) is 5.32 Å². The first-order valence-electron chi connectivity index (χ1n) is 9.93. The van der Waals surface area contributed by atoms with Gasteiger partial charge >= 0.3 is 5.97 Å². The van der Waals surface area contributed by atoms with Gasteiger partial charge in [-0.2, -0.15) is 9.57 Å². The molecule has 0 bridgehead atoms. The van der Waals surface area contributed by atoms with Gasteiger partial charge in [0.2, 0.25) is 10.0 Å². The minimum atomic E-state index is -3.59. The fourth-order valence-electron chi connectivity index (χ4n) is 3.21. The molecule has 8 nitrogen and oxygen atoms in total. The molecule has 3 rings (SSSR count). The number of carbonyl (C=O) groups is 2. The number of sulfonamides is 1. The van der Waals surface area contributed by atoms with E-state index in [9.17, 15) is 18.0 Å². The summed E-state index contributed by atoms with van der Waals surface area (Å²) in [6.45, 7) is 2.42. The molecule has 0 aliphatic carbocycles. The zero-order valence-corrected chi connectivity index (χ0v) is 17.9. The predicted molar refractivity (Wildman–Crippen MR) is 114 cm³/mol. The third-order valence-corrected chi connectivity index (χ3v) is 6.87. The van der Waals surface area contributed by atoms with Crippen molar-refractivity contribution in [3.63, 3.8) is 0 Å². The number of hydrogen-bond donors (Lipinski definition) is 1. The summed E-state index contributed by atoms with van der Waals surface area (Å²) in [7, 11) is -3.59. The Morgan fingerprint density at radius 3 is 2.42 bits per heavy atom. The van der Waals surface area contributed by atoms with E-state index in [1.165, 1.54) is 41.6 Å². The second kappa shape index (κ2) is 9.73. The number of benzene rings is 2. The molecule has 0 spiro atoms. The molecule has 0 saturated carbocycles. The molecule has 9 heteroatoms. The van der Waals surface area contributed by atoms with Gasteiger partial charge in [0.05, 0.1) is 22.1 Å². The number of hydrogen-bond acceptors (Lipinski definition) is 6. The van der Waals surface area contributed by atoms with Crippen LogP contribution in [0, 0.1) is 11.3 Å². The van der Waals surface area contributed by atoms with Crippen molar-refractivity contribution in [1.82, 2.24) is 4.31 Å². The summed E-state index contributed by atoms with van der Waals surface area (Å²) in [5, 5.41) is 11.5. The molecule has 1 saturated heterocycles. The van der Waals surface area contributed by atoms with Gasteiger partial charge in [-0.1, -0.05) is 12.5 Å². The number of piperidine rings is 1. The van der Waals surface area contributed by atoms with Crippen molar-refractivity contribution in [2.45, 2.75) is 37.2 Å². The van der Waals surface area contributed by atoms with Crippen LogP contribution >= 0.6 is 0 Å². The van der Waals surface area contributed by atoms with Gasteiger partial charge in [-0.3, -0.25) is 4.79 Å². The maximum Gasteiger partial charge on any atom is 0.338 e. The van der Waals surface area contributed by atoms with Crippen LogP contribution in [0.3, 0.4) is 0 Å². The van der Waals surface area contributed by atoms with Gasteiger partial charge in [-0.15, -0.1) is 0 Å². The summed E-state index contributed by atoms with van der Waals surface area (Å²) in [5.41, 5.74) is 0.949. The topological polar surface area (TPSA) is 117 Å². The molecule has 1 heterocycles. The molecule has 1 amide bonds. The van der Waals surface area contributed by atoms with Gasteiger partial charge in [0.1, 0.15) is 0 Å². The van der Waals surface area contributed by atoms with Crippen LogP contribution in [0.5, 0.6) is 0 Å². The Kier molecular flexibility index (Phi) is 7.05. The van der Waals surface area contributed by atoms with Crippen LogP contribution in [0.25, 0.3) is 0 Å². The van der Waals surface area contributed by atoms with Crippen LogP contribution < -0.4 is 5.32 Å². The van der Waals surface area contributed by atoms with Crippen molar-refractivity contribution in [2.75, 3.05) is 18.4 Å². The van der Waals surface area contributed by atoms with E-state index in [4.69, 9.17) is 10.00 Å². The molecule has 31 heavy (non-hydrogen) atoms. The number of nitrogens with one attached hydrogen (secondary N) is 1. The van der Waals surface area contributed by atoms with Crippen LogP contribution in [0.2, 0.25) is 0 Å². The Morgan fingerprint density at radius 1 is 1.10 bits per heavy atom. The third-order valence-electron chi connectivity index (χ3n) is 4.96. The highest BCUT2D eigenvalue weighted by Gasteiger charge is 2.26. The van der Waals surface area contributed by atoms with Gasteiger partial charge in [-0.25, -0.2) is 13.2 Å². The molecule has 0 unspecified atom stereocenters. The molecule has 2 aromatic rings. The van der Waals surface area contributed by atoms with Crippen LogP contribution in [-0.2, 0) is 19.6 Å². The lowest BCUT2D eigenvalue weighted by molar-refractivity contribution is -0.123. The number of anilines is 1. The van der Waals surface area contributed by atoms with Crippen LogP contribution in [0.1, 0.15) is 42.1 Å². The number of amides is 1. The molecule has 1 fully saturated rings. The maximum atomic E-state index is 12.7. The van der Waals surface area contributed by atoms with Crippen molar-refractivity contribution in [3.8, 4) is 6.07 Å². The molecule has 0 radical (unpaired) electrons. The normalized spacial score (nSPS) is 15.5. The number of rotatable bonds is 6. The van der Waals surface area contributed by atoms with Crippen molar-refractivity contribution in [2.24, 2.45) is 0 Å². The predicted octanol–water partition coefficient (Wildman–Crippen LogP) is 2.92. The second-order valence-corrected chi connectivity index (χ2v) is 9.16. The molecule has 1 N–H and O–H groups in total. The molecule has 162 valence electrons. The summed E-state index contributed by atoms with van der Waals surface area (Å²) in [5.74, 6) is -1.29. The molecule has 1 aliphatic heterocycles. The van der Waals surface area contributed by atoms with Crippen LogP contribution in [0.4, 0.5) is 5.69 Å². The Morgan fingerprint density at radius 2 is 1.77 bits per heavy atom. The Hall–Kier alpha value is -3.22. The van der Waals surface area contributed by atoms with Crippen molar-refractivity contribution in [3.05, 3.63) is 59.7 Å². The monoisotopic (exact) mass is 441 g/mol. The maximum absolute atomic E-state index is 12.7. The first-order valence-corrected chi connectivity index (χ1v) is 11.4. The molecule has 2 aromatic carbocycles. The number of nitriles is 1. The van der Waals surface area contributed by atoms with Crippen LogP contribution in [0.15, 0.2) is 53.4 Å². The standard InChI is InChI=1S/C22H23N3O5S/c1-16(21(26)24-19-7-5-6-17(14-19)15-23)30-22(27)18-8-10-20(11-9-18)31(28,29)25-12-3-2-4-13-25/h5-11,14,16H,2-4,12-13H2,1H3,(H,24,26)/t16-/m0/s1. The first-order chi connectivity index (χ1) is 14.8. The van der Waals surface area contributed by atoms with E-state index in [1.54, 1.807) is 18.2 Å². The molecule has 1 atom stereocenters. The average Bonchev–Trinajstić information content (AvgIpc) is 2.79. The SMILES string of the molecule is C[C@H](OC(=O)c1ccc(S(=O)(=O)N2CCCCC2)cc1)C(=O)Nc1cccc(C#N)c1. The lowest BCUT2D eigenvalue weighted by Gasteiger charge is -2.25. The highest BCUT2D eigenvalue weighted by Crippen LogP contribution is 2.21. The van der Waals surface area contributed by atoms with Gasteiger partial charge in [0, 0.05) is 18.8 Å². The lowest BCUT2D eigenvalue weighted by atomic mass is 10.2. The van der Waals surface area contributed by atoms with Crippen molar-refractivity contribution in [1.29, 1.82) is 5.26 Å². The fourth-order valence-corrected chi connectivity index (χ4v) is 4.73. The van der Waals surface area contributed by atoms with Gasteiger partial charge in [0.15, 0.2) is 6.10 Å². The Balaban J connectivity index is 1.62. The molecule has 0 aromatic heterocycles. The van der Waals surface area contributed by atoms with E-state index in [0.29, 0.717) is 24.3 Å². The summed E-state index contributed by atoms with van der Waals surface area (Å²) in [4.78, 5) is 24.8. The minimum Gasteiger partial charge on any atom is -0.449 e. The fraction of sp³-hybridized carbons (Fsp3) is 0.318. The molecular weight excluding hydrogens is 418 g/mol. The second-order valence-electron chi connectivity index (χ2n) is 7.22. The lowest BCUT2D eigenvalue weighted by Crippen LogP contribution is -2.35. The quantitative estimate of drug-likeness (QED) is 0.689. The molecular formula is C22H23N3O5S. The molecule has 1 aliphatic rings. The summed E-state index contributed by atoms with van der Waals surface area (Å²) in [6, 6.07) is 13.8. The smallest absolute Gasteiger partial charge is 0.338 e. The minimum absolute atomic E-state index is 0.120. The zero-order chi connectivity index (χ0) is 22.4. The number of ether oxygens (including phenoxy) is 1. The van der Waals surface area contributed by atoms with E-state index in [-0.39, 0.29) is 10.5 Å². The summed E-state index contributed by atoms with van der Waals surface area (Å²) >= 11 is 0. The zero-order valence-electron chi connectivity index (χ0n) is 17.1. The van der Waals surface area contributed by atoms with Crippen molar-refractivity contribution < 1.29 is 22.7 Å². The Labute approximate surface area is 181 Å². The summed E-state index contributed by atoms with van der Waals surface area (Å²) < 4.78 is 32.0. The largest absolute Gasteiger partial charge is 0.449 e. The van der Waals surface area contributed by atoms with Gasteiger partial charge < -0.3 is 10.1 Å². The number of carbonyl (C=O) groups excluding carboxylic acids is 2.